The van der Waals surface area contributed by atoms with E-state index < -0.39 is 10.0 Å². The zero-order valence-corrected chi connectivity index (χ0v) is 13.3. The Hall–Kier alpha value is -0.210. The lowest BCUT2D eigenvalue weighted by Crippen LogP contribution is -2.47. The minimum atomic E-state index is -3.12. The number of hydrogen-bond acceptors (Lipinski definition) is 5. The van der Waals surface area contributed by atoms with Crippen LogP contribution in [0.15, 0.2) is 0 Å². The van der Waals surface area contributed by atoms with Gasteiger partial charge in [0, 0.05) is 45.8 Å². The molecule has 0 aromatic rings. The molecule has 0 amide bonds. The number of aliphatic hydroxyl groups is 1. The minimum absolute atomic E-state index is 0.145. The average Bonchev–Trinajstić information content (AvgIpc) is 2.97. The Morgan fingerprint density at radius 1 is 1.30 bits per heavy atom. The zero-order valence-electron chi connectivity index (χ0n) is 12.5. The lowest BCUT2D eigenvalue weighted by Gasteiger charge is -2.30. The van der Waals surface area contributed by atoms with Gasteiger partial charge in [-0.2, -0.15) is 0 Å². The maximum atomic E-state index is 11.7. The molecule has 1 saturated carbocycles. The quantitative estimate of drug-likeness (QED) is 0.689. The molecular weight excluding hydrogens is 278 g/mol. The second-order valence-electron chi connectivity index (χ2n) is 6.09. The second-order valence-corrected chi connectivity index (χ2v) is 8.40. The van der Waals surface area contributed by atoms with Gasteiger partial charge >= 0.3 is 0 Å². The fraction of sp³-hybridized carbons (Fsp3) is 1.00. The van der Waals surface area contributed by atoms with Crippen LogP contribution in [0.3, 0.4) is 0 Å². The van der Waals surface area contributed by atoms with Crippen molar-refractivity contribution in [1.29, 1.82) is 0 Å². The normalized spacial score (nSPS) is 32.3. The summed E-state index contributed by atoms with van der Waals surface area (Å²) in [5.74, 6) is 0.145. The highest BCUT2D eigenvalue weighted by atomic mass is 32.2. The summed E-state index contributed by atoms with van der Waals surface area (Å²) in [4.78, 5) is 2.36. The van der Waals surface area contributed by atoms with Crippen molar-refractivity contribution in [3.05, 3.63) is 0 Å². The van der Waals surface area contributed by atoms with E-state index in [0.29, 0.717) is 18.6 Å². The van der Waals surface area contributed by atoms with Crippen molar-refractivity contribution in [2.24, 2.45) is 0 Å². The predicted molar refractivity (Wildman–Crippen MR) is 79.1 cm³/mol. The molecule has 6 nitrogen and oxygen atoms in total. The zero-order chi connectivity index (χ0) is 14.8. The van der Waals surface area contributed by atoms with Gasteiger partial charge in [-0.3, -0.25) is 4.90 Å². The monoisotopic (exact) mass is 305 g/mol. The lowest BCUT2D eigenvalue weighted by molar-refractivity contribution is 0.150. The van der Waals surface area contributed by atoms with E-state index in [1.54, 1.807) is 14.1 Å². The molecule has 0 aromatic heterocycles. The number of aliphatic hydroxyl groups excluding tert-OH is 1. The first-order chi connectivity index (χ1) is 9.40. The first kappa shape index (κ1) is 16.2. The maximum Gasteiger partial charge on any atom is 0.214 e. The highest BCUT2D eigenvalue weighted by molar-refractivity contribution is 7.89. The summed E-state index contributed by atoms with van der Waals surface area (Å²) < 4.78 is 24.7. The van der Waals surface area contributed by atoms with Gasteiger partial charge in [0.1, 0.15) is 0 Å². The van der Waals surface area contributed by atoms with Gasteiger partial charge in [-0.05, 0) is 19.3 Å². The Morgan fingerprint density at radius 3 is 2.65 bits per heavy atom. The molecule has 1 aliphatic carbocycles. The number of rotatable bonds is 6. The molecule has 7 heteroatoms. The van der Waals surface area contributed by atoms with Gasteiger partial charge in [0.15, 0.2) is 0 Å². The second kappa shape index (κ2) is 6.70. The third kappa shape index (κ3) is 3.92. The molecule has 1 heterocycles. The van der Waals surface area contributed by atoms with Gasteiger partial charge in [-0.25, -0.2) is 12.7 Å². The standard InChI is InChI=1S/C13H27N3O3S/c1-15(2)20(18,19)9-7-14-12-4-3-5-13(12)16-8-6-11(17)10-16/h11-14,17H,3-10H2,1-2H3/t11?,12-,13+/m1/s1. The average molecular weight is 305 g/mol. The summed E-state index contributed by atoms with van der Waals surface area (Å²) in [5.41, 5.74) is 0. The number of sulfonamides is 1. The van der Waals surface area contributed by atoms with Crippen LogP contribution in [-0.2, 0) is 10.0 Å². The Labute approximate surface area is 122 Å². The van der Waals surface area contributed by atoms with Gasteiger partial charge in [0.2, 0.25) is 10.0 Å². The summed E-state index contributed by atoms with van der Waals surface area (Å²) in [6.07, 6.45) is 4.09. The summed E-state index contributed by atoms with van der Waals surface area (Å²) >= 11 is 0. The molecule has 2 N–H and O–H groups in total. The van der Waals surface area contributed by atoms with Gasteiger partial charge in [0.05, 0.1) is 11.9 Å². The van der Waals surface area contributed by atoms with Crippen LogP contribution in [0.5, 0.6) is 0 Å². The van der Waals surface area contributed by atoms with Crippen molar-refractivity contribution < 1.29 is 13.5 Å². The van der Waals surface area contributed by atoms with E-state index in [0.717, 1.165) is 32.4 Å². The summed E-state index contributed by atoms with van der Waals surface area (Å²) in [5, 5.41) is 13.0. The molecule has 0 radical (unpaired) electrons. The highest BCUT2D eigenvalue weighted by Crippen LogP contribution is 2.27. The number of nitrogens with zero attached hydrogens (tertiary/aromatic N) is 2. The van der Waals surface area contributed by atoms with Crippen molar-refractivity contribution in [2.45, 2.75) is 43.9 Å². The van der Waals surface area contributed by atoms with Gasteiger partial charge in [-0.15, -0.1) is 0 Å². The number of β-amino-alcohol motifs (C(OH)–C–C–N with tert-alkyl or cyclic N) is 1. The van der Waals surface area contributed by atoms with Crippen LogP contribution < -0.4 is 5.32 Å². The SMILES string of the molecule is CN(C)S(=O)(=O)CCN[C@@H]1CCC[C@@H]1N1CCC(O)C1. The molecule has 0 spiro atoms. The van der Waals surface area contributed by atoms with E-state index >= 15 is 0 Å². The van der Waals surface area contributed by atoms with Gasteiger partial charge in [-0.1, -0.05) is 6.42 Å². The Kier molecular flexibility index (Phi) is 5.42. The largest absolute Gasteiger partial charge is 0.392 e. The van der Waals surface area contributed by atoms with Crippen molar-refractivity contribution in [1.82, 2.24) is 14.5 Å². The van der Waals surface area contributed by atoms with E-state index in [-0.39, 0.29) is 11.9 Å². The topological polar surface area (TPSA) is 72.9 Å². The smallest absolute Gasteiger partial charge is 0.214 e. The first-order valence-corrected chi connectivity index (χ1v) is 9.07. The van der Waals surface area contributed by atoms with Crippen LogP contribution in [0.2, 0.25) is 0 Å². The van der Waals surface area contributed by atoms with Gasteiger partial charge in [0.25, 0.3) is 0 Å². The molecule has 1 unspecified atom stereocenters. The van der Waals surface area contributed by atoms with E-state index in [2.05, 4.69) is 10.2 Å². The van der Waals surface area contributed by atoms with E-state index in [1.165, 1.54) is 10.7 Å². The van der Waals surface area contributed by atoms with Crippen LogP contribution in [-0.4, -0.2) is 80.4 Å². The van der Waals surface area contributed by atoms with E-state index in [9.17, 15) is 13.5 Å². The number of nitrogens with one attached hydrogen (secondary N) is 1. The maximum absolute atomic E-state index is 11.7. The number of likely N-dealkylation sites (tertiary alicyclic amines) is 1. The molecule has 2 aliphatic rings. The third-order valence-corrected chi connectivity index (χ3v) is 6.30. The molecule has 0 bridgehead atoms. The summed E-state index contributed by atoms with van der Waals surface area (Å²) in [6, 6.07) is 0.812. The third-order valence-electron chi connectivity index (χ3n) is 4.47. The van der Waals surface area contributed by atoms with Crippen LogP contribution in [0, 0.1) is 0 Å². The van der Waals surface area contributed by atoms with Crippen LogP contribution in [0.25, 0.3) is 0 Å². The lowest BCUT2D eigenvalue weighted by atomic mass is 10.1. The van der Waals surface area contributed by atoms with Crippen LogP contribution >= 0.6 is 0 Å². The Balaban J connectivity index is 1.80. The van der Waals surface area contributed by atoms with E-state index in [1.807, 2.05) is 0 Å². The minimum Gasteiger partial charge on any atom is -0.392 e. The first-order valence-electron chi connectivity index (χ1n) is 7.46. The molecule has 1 saturated heterocycles. The van der Waals surface area contributed by atoms with E-state index in [4.69, 9.17) is 0 Å². The molecular formula is C13H27N3O3S. The van der Waals surface area contributed by atoms with Crippen LogP contribution in [0.1, 0.15) is 25.7 Å². The fourth-order valence-electron chi connectivity index (χ4n) is 3.24. The number of hydrogen-bond donors (Lipinski definition) is 2. The molecule has 3 atom stereocenters. The predicted octanol–water partition coefficient (Wildman–Crippen LogP) is -0.545. The molecule has 0 aromatic carbocycles. The Morgan fingerprint density at radius 2 is 2.05 bits per heavy atom. The molecule has 20 heavy (non-hydrogen) atoms. The van der Waals surface area contributed by atoms with Crippen molar-refractivity contribution >= 4 is 10.0 Å². The van der Waals surface area contributed by atoms with Crippen molar-refractivity contribution in [3.8, 4) is 0 Å². The highest BCUT2D eigenvalue weighted by Gasteiger charge is 2.35. The summed E-state index contributed by atoms with van der Waals surface area (Å²) in [6.45, 7) is 2.22. The van der Waals surface area contributed by atoms with Gasteiger partial charge < -0.3 is 10.4 Å². The van der Waals surface area contributed by atoms with Crippen LogP contribution in [0.4, 0.5) is 0 Å². The molecule has 2 rings (SSSR count). The Bertz CT molecular complexity index is 413. The molecule has 1 aliphatic heterocycles. The fourth-order valence-corrected chi connectivity index (χ4v) is 3.98. The molecule has 118 valence electrons. The summed E-state index contributed by atoms with van der Waals surface area (Å²) in [7, 11) is 0.0196. The van der Waals surface area contributed by atoms with Crippen molar-refractivity contribution in [2.75, 3.05) is 39.5 Å². The van der Waals surface area contributed by atoms with Crippen molar-refractivity contribution in [3.63, 3.8) is 0 Å². The molecule has 2 fully saturated rings.